The normalized spacial score (nSPS) is 13.7. The number of amides is 1. The highest BCUT2D eigenvalue weighted by atomic mass is 32.2. The molecule has 1 aromatic carbocycles. The summed E-state index contributed by atoms with van der Waals surface area (Å²) < 4.78 is 13.1. The van der Waals surface area contributed by atoms with Crippen LogP contribution in [0.25, 0.3) is 0 Å². The van der Waals surface area contributed by atoms with Crippen molar-refractivity contribution in [3.8, 4) is 0 Å². The van der Waals surface area contributed by atoms with Crippen LogP contribution in [0.5, 0.6) is 0 Å². The zero-order valence-electron chi connectivity index (χ0n) is 14.9. The van der Waals surface area contributed by atoms with Gasteiger partial charge in [-0.1, -0.05) is 23.9 Å². The van der Waals surface area contributed by atoms with Crippen LogP contribution in [0.4, 0.5) is 4.39 Å². The lowest BCUT2D eigenvalue weighted by Crippen LogP contribution is -2.33. The zero-order chi connectivity index (χ0) is 18.7. The maximum Gasteiger partial charge on any atom is 0.254 e. The van der Waals surface area contributed by atoms with E-state index in [0.29, 0.717) is 29.4 Å². The molecule has 26 heavy (non-hydrogen) atoms. The first-order chi connectivity index (χ1) is 12.5. The van der Waals surface area contributed by atoms with Crippen LogP contribution in [-0.2, 0) is 17.8 Å². The van der Waals surface area contributed by atoms with E-state index in [-0.39, 0.29) is 29.7 Å². The number of benzene rings is 1. The van der Waals surface area contributed by atoms with Gasteiger partial charge in [-0.05, 0) is 50.1 Å². The second kappa shape index (κ2) is 8.03. The van der Waals surface area contributed by atoms with Crippen molar-refractivity contribution < 1.29 is 9.18 Å². The van der Waals surface area contributed by atoms with Crippen LogP contribution in [0.3, 0.4) is 0 Å². The second-order valence-corrected chi connectivity index (χ2v) is 7.31. The van der Waals surface area contributed by atoms with Crippen LogP contribution in [-0.4, -0.2) is 33.1 Å². The van der Waals surface area contributed by atoms with Crippen molar-refractivity contribution >= 4 is 17.7 Å². The van der Waals surface area contributed by atoms with Gasteiger partial charge in [-0.15, -0.1) is 0 Å². The first-order valence-electron chi connectivity index (χ1n) is 8.65. The third-order valence-electron chi connectivity index (χ3n) is 4.56. The molecule has 1 amide bonds. The van der Waals surface area contributed by atoms with E-state index >= 15 is 0 Å². The van der Waals surface area contributed by atoms with Gasteiger partial charge in [-0.25, -0.2) is 9.37 Å². The molecule has 3 rings (SSSR count). The van der Waals surface area contributed by atoms with Crippen molar-refractivity contribution in [3.05, 3.63) is 57.3 Å². The minimum absolute atomic E-state index is 0.0181. The second-order valence-electron chi connectivity index (χ2n) is 6.52. The molecule has 1 saturated carbocycles. The lowest BCUT2D eigenvalue weighted by atomic mass is 10.1. The fraction of sp³-hybridized carbons (Fsp3) is 0.421. The van der Waals surface area contributed by atoms with Crippen LogP contribution in [0.1, 0.15) is 36.1 Å². The topological polar surface area (TPSA) is 66.1 Å². The molecule has 2 aromatic rings. The van der Waals surface area contributed by atoms with Crippen molar-refractivity contribution in [1.82, 2.24) is 14.9 Å². The molecule has 1 N–H and O–H groups in total. The number of nitrogens with zero attached hydrogens (tertiary/aromatic N) is 2. The van der Waals surface area contributed by atoms with E-state index in [2.05, 4.69) is 9.97 Å². The minimum atomic E-state index is -0.283. The number of hydrogen-bond acceptors (Lipinski definition) is 4. The van der Waals surface area contributed by atoms with Gasteiger partial charge < -0.3 is 9.88 Å². The average Bonchev–Trinajstić information content (AvgIpc) is 3.45. The Bertz CT molecular complexity index is 847. The first kappa shape index (κ1) is 18.6. The van der Waals surface area contributed by atoms with Crippen LogP contribution in [0, 0.1) is 12.7 Å². The van der Waals surface area contributed by atoms with E-state index < -0.39 is 0 Å². The molecule has 1 aromatic heterocycles. The summed E-state index contributed by atoms with van der Waals surface area (Å²) in [4.78, 5) is 33.9. The molecule has 1 aliphatic rings. The number of hydrogen-bond donors (Lipinski definition) is 1. The first-order valence-corrected chi connectivity index (χ1v) is 9.88. The number of aromatic amines is 1. The fourth-order valence-electron chi connectivity index (χ4n) is 2.94. The van der Waals surface area contributed by atoms with Crippen molar-refractivity contribution in [3.63, 3.8) is 0 Å². The van der Waals surface area contributed by atoms with E-state index in [0.717, 1.165) is 18.4 Å². The summed E-state index contributed by atoms with van der Waals surface area (Å²) in [5.41, 5.74) is 1.97. The molecular formula is C19H22FN3O2S. The lowest BCUT2D eigenvalue weighted by molar-refractivity contribution is -0.132. The Morgan fingerprint density at radius 2 is 2.04 bits per heavy atom. The van der Waals surface area contributed by atoms with Gasteiger partial charge in [0, 0.05) is 30.3 Å². The van der Waals surface area contributed by atoms with Gasteiger partial charge in [0.15, 0.2) is 5.16 Å². The predicted molar refractivity (Wildman–Crippen MR) is 99.7 cm³/mol. The number of halogens is 1. The summed E-state index contributed by atoms with van der Waals surface area (Å²) in [6.45, 7) is 2.27. The molecule has 0 radical (unpaired) electrons. The third kappa shape index (κ3) is 4.52. The number of carbonyl (C=O) groups excluding carboxylic acids is 1. The van der Waals surface area contributed by atoms with Crippen molar-refractivity contribution in [2.24, 2.45) is 0 Å². The van der Waals surface area contributed by atoms with Gasteiger partial charge in [0.05, 0.1) is 0 Å². The van der Waals surface area contributed by atoms with Gasteiger partial charge >= 0.3 is 0 Å². The summed E-state index contributed by atoms with van der Waals surface area (Å²) >= 11 is 1.38. The monoisotopic (exact) mass is 375 g/mol. The molecule has 0 atom stereocenters. The van der Waals surface area contributed by atoms with Crippen LogP contribution >= 0.6 is 11.8 Å². The number of nitrogens with one attached hydrogen (secondary N) is 1. The van der Waals surface area contributed by atoms with Gasteiger partial charge in [0.25, 0.3) is 5.56 Å². The summed E-state index contributed by atoms with van der Waals surface area (Å²) in [5.74, 6) is -0.265. The summed E-state index contributed by atoms with van der Waals surface area (Å²) in [7, 11) is 0. The highest BCUT2D eigenvalue weighted by Crippen LogP contribution is 2.29. The minimum Gasteiger partial charge on any atom is -0.335 e. The molecular weight excluding hydrogens is 353 g/mol. The van der Waals surface area contributed by atoms with E-state index in [1.54, 1.807) is 19.1 Å². The maximum absolute atomic E-state index is 13.1. The predicted octanol–water partition coefficient (Wildman–Crippen LogP) is 3.06. The van der Waals surface area contributed by atoms with Crippen LogP contribution in [0.15, 0.2) is 34.2 Å². The Hall–Kier alpha value is -2.15. The number of H-pyrrole nitrogens is 1. The van der Waals surface area contributed by atoms with Gasteiger partial charge in [-0.2, -0.15) is 0 Å². The highest BCUT2D eigenvalue weighted by Gasteiger charge is 2.32. The molecule has 7 heteroatoms. The van der Waals surface area contributed by atoms with E-state index in [4.69, 9.17) is 0 Å². The SMILES string of the molecule is CSc1nc(C)c(CCC(=O)N(Cc2ccc(F)cc2)C2CC2)c(=O)[nH]1. The number of aromatic nitrogens is 2. The summed E-state index contributed by atoms with van der Waals surface area (Å²) in [6.07, 6.45) is 4.48. The summed E-state index contributed by atoms with van der Waals surface area (Å²) in [6, 6.07) is 6.49. The molecule has 0 bridgehead atoms. The van der Waals surface area contributed by atoms with Crippen LogP contribution < -0.4 is 5.56 Å². The number of carbonyl (C=O) groups is 1. The molecule has 0 spiro atoms. The van der Waals surface area contributed by atoms with E-state index in [9.17, 15) is 14.0 Å². The Labute approximate surface area is 156 Å². The molecule has 138 valence electrons. The number of thioether (sulfide) groups is 1. The third-order valence-corrected chi connectivity index (χ3v) is 5.14. The fourth-order valence-corrected chi connectivity index (χ4v) is 3.37. The number of rotatable bonds is 7. The zero-order valence-corrected chi connectivity index (χ0v) is 15.7. The van der Waals surface area contributed by atoms with Crippen molar-refractivity contribution in [2.45, 2.75) is 50.4 Å². The summed E-state index contributed by atoms with van der Waals surface area (Å²) in [5, 5.41) is 0.582. The Morgan fingerprint density at radius 3 is 2.62 bits per heavy atom. The van der Waals surface area contributed by atoms with Crippen molar-refractivity contribution in [2.75, 3.05) is 6.26 Å². The lowest BCUT2D eigenvalue weighted by Gasteiger charge is -2.23. The molecule has 1 heterocycles. The Kier molecular flexibility index (Phi) is 5.76. The van der Waals surface area contributed by atoms with Gasteiger partial charge in [0.2, 0.25) is 5.91 Å². The van der Waals surface area contributed by atoms with Gasteiger partial charge in [0.1, 0.15) is 5.82 Å². The standard InChI is InChI=1S/C19H22FN3O2S/c1-12-16(18(25)22-19(21-12)26-2)9-10-17(24)23(15-7-8-15)11-13-3-5-14(20)6-4-13/h3-6,15H,7-11H2,1-2H3,(H,21,22,25). The molecule has 5 nitrogen and oxygen atoms in total. The van der Waals surface area contributed by atoms with Gasteiger partial charge in [-0.3, -0.25) is 9.59 Å². The molecule has 0 unspecified atom stereocenters. The van der Waals surface area contributed by atoms with E-state index in [1.807, 2.05) is 11.2 Å². The quantitative estimate of drug-likeness (QED) is 0.597. The Morgan fingerprint density at radius 1 is 1.35 bits per heavy atom. The molecule has 1 fully saturated rings. The number of aryl methyl sites for hydroxylation is 1. The molecule has 1 aliphatic carbocycles. The van der Waals surface area contributed by atoms with E-state index in [1.165, 1.54) is 23.9 Å². The maximum atomic E-state index is 13.1. The molecule has 0 aliphatic heterocycles. The average molecular weight is 375 g/mol. The van der Waals surface area contributed by atoms with Crippen LogP contribution in [0.2, 0.25) is 0 Å². The molecule has 0 saturated heterocycles. The smallest absolute Gasteiger partial charge is 0.254 e. The Balaban J connectivity index is 1.67. The van der Waals surface area contributed by atoms with Crippen molar-refractivity contribution in [1.29, 1.82) is 0 Å². The highest BCUT2D eigenvalue weighted by molar-refractivity contribution is 7.98. The largest absolute Gasteiger partial charge is 0.335 e.